The summed E-state index contributed by atoms with van der Waals surface area (Å²) in [6, 6.07) is 15.9. The van der Waals surface area contributed by atoms with Gasteiger partial charge in [-0.2, -0.15) is 0 Å². The summed E-state index contributed by atoms with van der Waals surface area (Å²) >= 11 is 5.64. The van der Waals surface area contributed by atoms with E-state index in [-0.39, 0.29) is 15.9 Å². The molecule has 0 radical (unpaired) electrons. The molecule has 0 spiro atoms. The van der Waals surface area contributed by atoms with Crippen molar-refractivity contribution in [2.24, 2.45) is 0 Å². The zero-order valence-electron chi connectivity index (χ0n) is 14.2. The molecular formula is C18H13ClN4O4S. The third kappa shape index (κ3) is 3.62. The number of hydrogen-bond acceptors (Lipinski definition) is 7. The summed E-state index contributed by atoms with van der Waals surface area (Å²) in [7, 11) is -3.84. The van der Waals surface area contributed by atoms with E-state index in [1.807, 2.05) is 6.07 Å². The van der Waals surface area contributed by atoms with Crippen LogP contribution in [0.2, 0.25) is 5.15 Å². The van der Waals surface area contributed by atoms with Crippen LogP contribution in [0.1, 0.15) is 22.1 Å². The fraction of sp³-hybridized carbons (Fsp3) is 0.0556. The molecule has 0 amide bonds. The third-order valence-corrected chi connectivity index (χ3v) is 5.59. The number of nitrogens with zero attached hydrogens (tertiary/aromatic N) is 2. The van der Waals surface area contributed by atoms with Gasteiger partial charge in [-0.15, -0.1) is 10.2 Å². The average Bonchev–Trinajstić information content (AvgIpc) is 3.00. The minimum absolute atomic E-state index is 0.0404. The van der Waals surface area contributed by atoms with Crippen molar-refractivity contribution in [3.8, 4) is 0 Å². The number of aromatic nitrogens is 2. The van der Waals surface area contributed by atoms with Crippen LogP contribution in [0.3, 0.4) is 0 Å². The smallest absolute Gasteiger partial charge is 0.340 e. The summed E-state index contributed by atoms with van der Waals surface area (Å²) in [4.78, 5) is 11.9. The quantitative estimate of drug-likeness (QED) is 0.614. The van der Waals surface area contributed by atoms with Crippen molar-refractivity contribution in [2.45, 2.75) is 11.1 Å². The Balaban J connectivity index is 1.50. The van der Waals surface area contributed by atoms with E-state index in [0.29, 0.717) is 11.3 Å². The number of esters is 1. The van der Waals surface area contributed by atoms with Crippen LogP contribution >= 0.6 is 11.6 Å². The molecular weight excluding hydrogens is 404 g/mol. The van der Waals surface area contributed by atoms with Gasteiger partial charge in [-0.3, -0.25) is 4.72 Å². The molecule has 0 aliphatic carbocycles. The van der Waals surface area contributed by atoms with Gasteiger partial charge in [0.1, 0.15) is 0 Å². The fourth-order valence-corrected chi connectivity index (χ4v) is 3.80. The van der Waals surface area contributed by atoms with Crippen molar-refractivity contribution in [3.05, 3.63) is 76.9 Å². The number of sulfonamides is 1. The molecule has 4 rings (SSSR count). The SMILES string of the molecule is O=C1O[C@@H](Nc2ccc(S(=O)(=O)Nc3ccc(Cl)nn3)cc2)c2ccccc21. The first-order valence-electron chi connectivity index (χ1n) is 8.11. The Morgan fingerprint density at radius 2 is 1.71 bits per heavy atom. The van der Waals surface area contributed by atoms with Gasteiger partial charge >= 0.3 is 5.97 Å². The second-order valence-electron chi connectivity index (χ2n) is 5.89. The predicted octanol–water partition coefficient (Wildman–Crippen LogP) is 3.21. The number of fused-ring (bicyclic) bond motifs is 1. The highest BCUT2D eigenvalue weighted by molar-refractivity contribution is 7.92. The molecule has 1 atom stereocenters. The van der Waals surface area contributed by atoms with Crippen LogP contribution < -0.4 is 10.0 Å². The molecule has 0 saturated heterocycles. The Kier molecular flexibility index (Phi) is 4.62. The predicted molar refractivity (Wildman–Crippen MR) is 103 cm³/mol. The van der Waals surface area contributed by atoms with E-state index in [1.165, 1.54) is 24.3 Å². The number of carbonyl (C=O) groups is 1. The average molecular weight is 417 g/mol. The van der Waals surface area contributed by atoms with E-state index in [4.69, 9.17) is 16.3 Å². The van der Waals surface area contributed by atoms with Gasteiger partial charge in [0.15, 0.2) is 11.0 Å². The Hall–Kier alpha value is -3.17. The van der Waals surface area contributed by atoms with Gasteiger partial charge in [0.2, 0.25) is 6.23 Å². The lowest BCUT2D eigenvalue weighted by atomic mass is 10.1. The normalized spacial score (nSPS) is 15.6. The molecule has 0 saturated carbocycles. The molecule has 0 unspecified atom stereocenters. The van der Waals surface area contributed by atoms with Crippen molar-refractivity contribution in [1.82, 2.24) is 10.2 Å². The molecule has 28 heavy (non-hydrogen) atoms. The van der Waals surface area contributed by atoms with Crippen molar-refractivity contribution >= 4 is 39.1 Å². The Labute approximate surface area is 165 Å². The maximum absolute atomic E-state index is 12.4. The number of nitrogens with one attached hydrogen (secondary N) is 2. The van der Waals surface area contributed by atoms with E-state index in [2.05, 4.69) is 20.2 Å². The van der Waals surface area contributed by atoms with E-state index in [9.17, 15) is 13.2 Å². The van der Waals surface area contributed by atoms with Crippen LogP contribution in [0.15, 0.2) is 65.6 Å². The van der Waals surface area contributed by atoms with Gasteiger partial charge in [-0.1, -0.05) is 29.8 Å². The molecule has 0 bridgehead atoms. The first-order valence-corrected chi connectivity index (χ1v) is 9.97. The highest BCUT2D eigenvalue weighted by atomic mass is 35.5. The lowest BCUT2D eigenvalue weighted by Crippen LogP contribution is -2.14. The Morgan fingerprint density at radius 1 is 0.964 bits per heavy atom. The highest BCUT2D eigenvalue weighted by Gasteiger charge is 2.30. The lowest BCUT2D eigenvalue weighted by molar-refractivity contribution is 0.0437. The molecule has 2 aromatic carbocycles. The van der Waals surface area contributed by atoms with E-state index >= 15 is 0 Å². The number of carbonyl (C=O) groups excluding carboxylic acids is 1. The highest BCUT2D eigenvalue weighted by Crippen LogP contribution is 2.31. The maximum Gasteiger partial charge on any atom is 0.340 e. The van der Waals surface area contributed by atoms with Crippen molar-refractivity contribution in [2.75, 3.05) is 10.0 Å². The van der Waals surface area contributed by atoms with Gasteiger partial charge in [-0.25, -0.2) is 13.2 Å². The van der Waals surface area contributed by atoms with Crippen molar-refractivity contribution in [1.29, 1.82) is 0 Å². The number of halogens is 1. The first kappa shape index (κ1) is 18.2. The number of benzene rings is 2. The van der Waals surface area contributed by atoms with Crippen LogP contribution in [-0.2, 0) is 14.8 Å². The van der Waals surface area contributed by atoms with Crippen LogP contribution in [0, 0.1) is 0 Å². The number of hydrogen-bond donors (Lipinski definition) is 2. The first-order chi connectivity index (χ1) is 13.4. The molecule has 3 aromatic rings. The maximum atomic E-state index is 12.4. The number of ether oxygens (including phenoxy) is 1. The summed E-state index contributed by atoms with van der Waals surface area (Å²) in [5, 5.41) is 10.5. The van der Waals surface area contributed by atoms with Crippen LogP contribution in [0.5, 0.6) is 0 Å². The Bertz CT molecular complexity index is 1140. The van der Waals surface area contributed by atoms with Gasteiger partial charge in [0.05, 0.1) is 10.5 Å². The summed E-state index contributed by atoms with van der Waals surface area (Å²) < 4.78 is 32.5. The second-order valence-corrected chi connectivity index (χ2v) is 7.96. The fourth-order valence-electron chi connectivity index (χ4n) is 2.70. The molecule has 142 valence electrons. The van der Waals surface area contributed by atoms with Crippen molar-refractivity contribution in [3.63, 3.8) is 0 Å². The lowest BCUT2D eigenvalue weighted by Gasteiger charge is -2.15. The minimum Gasteiger partial charge on any atom is -0.434 e. The summed E-state index contributed by atoms with van der Waals surface area (Å²) in [6.45, 7) is 0. The monoisotopic (exact) mass is 416 g/mol. The molecule has 1 aliphatic heterocycles. The molecule has 0 fully saturated rings. The van der Waals surface area contributed by atoms with Crippen LogP contribution in [-0.4, -0.2) is 24.6 Å². The number of cyclic esters (lactones) is 1. The van der Waals surface area contributed by atoms with Crippen molar-refractivity contribution < 1.29 is 17.9 Å². The van der Waals surface area contributed by atoms with E-state index in [1.54, 1.807) is 30.3 Å². The summed E-state index contributed by atoms with van der Waals surface area (Å²) in [5.74, 6) is -0.346. The topological polar surface area (TPSA) is 110 Å². The van der Waals surface area contributed by atoms with E-state index in [0.717, 1.165) is 5.56 Å². The minimum atomic E-state index is -3.84. The Morgan fingerprint density at radius 3 is 2.43 bits per heavy atom. The zero-order valence-corrected chi connectivity index (χ0v) is 15.7. The molecule has 10 heteroatoms. The second kappa shape index (κ2) is 7.10. The van der Waals surface area contributed by atoms with Gasteiger partial charge in [-0.05, 0) is 42.5 Å². The largest absolute Gasteiger partial charge is 0.434 e. The third-order valence-electron chi connectivity index (χ3n) is 4.02. The van der Waals surface area contributed by atoms with E-state index < -0.39 is 22.2 Å². The van der Waals surface area contributed by atoms with Crippen LogP contribution in [0.25, 0.3) is 0 Å². The summed E-state index contributed by atoms with van der Waals surface area (Å²) in [5.41, 5.74) is 1.83. The number of rotatable bonds is 5. The standard InChI is InChI=1S/C18H13ClN4O4S/c19-15-9-10-16(22-21-15)23-28(25,26)12-7-5-11(6-8-12)20-17-13-3-1-2-4-14(13)18(24)27-17/h1-10,17,20H,(H,22,23)/t17-/m1/s1. The number of anilines is 2. The molecule has 2 N–H and O–H groups in total. The zero-order chi connectivity index (χ0) is 19.7. The molecule has 1 aliphatic rings. The van der Waals surface area contributed by atoms with Gasteiger partial charge in [0.25, 0.3) is 10.0 Å². The molecule has 8 nitrogen and oxygen atoms in total. The van der Waals surface area contributed by atoms with Gasteiger partial charge in [0, 0.05) is 11.3 Å². The summed E-state index contributed by atoms with van der Waals surface area (Å²) in [6.07, 6.45) is -0.631. The van der Waals surface area contributed by atoms with Crippen LogP contribution in [0.4, 0.5) is 11.5 Å². The van der Waals surface area contributed by atoms with Gasteiger partial charge < -0.3 is 10.1 Å². The molecule has 2 heterocycles. The molecule has 1 aromatic heterocycles.